The molecule has 0 bridgehead atoms. The fourth-order valence-corrected chi connectivity index (χ4v) is 4.16. The van der Waals surface area contributed by atoms with Crippen LogP contribution in [0.25, 0.3) is 0 Å². The minimum atomic E-state index is -3.29. The van der Waals surface area contributed by atoms with Crippen molar-refractivity contribution in [1.29, 1.82) is 0 Å². The smallest absolute Gasteiger partial charge is 0.178 e. The molecule has 0 aliphatic heterocycles. The molecule has 0 saturated heterocycles. The van der Waals surface area contributed by atoms with E-state index in [9.17, 15) is 8.42 Å². The van der Waals surface area contributed by atoms with Crippen LogP contribution < -0.4 is 4.90 Å². The van der Waals surface area contributed by atoms with E-state index in [1.165, 1.54) is 0 Å². The zero-order valence-electron chi connectivity index (χ0n) is 15.4. The third-order valence-electron chi connectivity index (χ3n) is 3.47. The second-order valence-corrected chi connectivity index (χ2v) is 9.41. The largest absolute Gasteiger partial charge is 0.378 e. The molecule has 0 spiro atoms. The topological polar surface area (TPSA) is 62.1 Å². The number of hydrogen-bond acceptors (Lipinski definition) is 5. The summed E-state index contributed by atoms with van der Waals surface area (Å²) in [5.74, 6) is 0.110. The Morgan fingerprint density at radius 1 is 0.840 bits per heavy atom. The summed E-state index contributed by atoms with van der Waals surface area (Å²) in [6, 6.07) is 14.2. The fraction of sp³-hybridized carbons (Fsp3) is 0.368. The van der Waals surface area contributed by atoms with Gasteiger partial charge in [0, 0.05) is 19.8 Å². The second kappa shape index (κ2) is 7.35. The maximum atomic E-state index is 12.4. The highest BCUT2D eigenvalue weighted by atomic mass is 32.2. The zero-order valence-corrected chi connectivity index (χ0v) is 16.2. The molecule has 0 unspecified atom stereocenters. The van der Waals surface area contributed by atoms with Crippen molar-refractivity contribution in [2.75, 3.05) is 24.7 Å². The standard InChI is InChI=1S/C19H25N3O2S/c1-19(2,3)14-25(23,24)18-12-8-16(9-13-18)21-20-15-6-10-17(11-7-15)22(4)5/h6-13H,14H2,1-5H3. The van der Waals surface area contributed by atoms with E-state index in [0.717, 1.165) is 11.4 Å². The highest BCUT2D eigenvalue weighted by molar-refractivity contribution is 7.91. The van der Waals surface area contributed by atoms with Crippen LogP contribution in [0.4, 0.5) is 17.1 Å². The van der Waals surface area contributed by atoms with Gasteiger partial charge in [0.2, 0.25) is 0 Å². The molecule has 0 saturated carbocycles. The van der Waals surface area contributed by atoms with Crippen molar-refractivity contribution >= 4 is 26.9 Å². The van der Waals surface area contributed by atoms with E-state index in [-0.39, 0.29) is 11.2 Å². The number of azo groups is 1. The Morgan fingerprint density at radius 2 is 1.28 bits per heavy atom. The van der Waals surface area contributed by atoms with Gasteiger partial charge in [-0.15, -0.1) is 0 Å². The molecule has 2 aromatic carbocycles. The molecule has 0 atom stereocenters. The minimum Gasteiger partial charge on any atom is -0.378 e. The van der Waals surface area contributed by atoms with Gasteiger partial charge in [0.25, 0.3) is 0 Å². The normalized spacial score (nSPS) is 12.5. The summed E-state index contributed by atoms with van der Waals surface area (Å²) in [7, 11) is 0.664. The van der Waals surface area contributed by atoms with Crippen molar-refractivity contribution in [2.45, 2.75) is 25.7 Å². The number of anilines is 1. The third kappa shape index (κ3) is 5.67. The SMILES string of the molecule is CN(C)c1ccc(N=Nc2ccc(S(=O)(=O)CC(C)(C)C)cc2)cc1. The monoisotopic (exact) mass is 359 g/mol. The highest BCUT2D eigenvalue weighted by Crippen LogP contribution is 2.25. The number of rotatable bonds is 5. The van der Waals surface area contributed by atoms with Crippen molar-refractivity contribution in [3.05, 3.63) is 48.5 Å². The van der Waals surface area contributed by atoms with Gasteiger partial charge in [0.1, 0.15) is 0 Å². The number of benzene rings is 2. The van der Waals surface area contributed by atoms with Crippen LogP contribution in [0.15, 0.2) is 63.7 Å². The number of hydrogen-bond donors (Lipinski definition) is 0. The van der Waals surface area contributed by atoms with E-state index in [1.807, 2.05) is 64.0 Å². The van der Waals surface area contributed by atoms with Gasteiger partial charge in [-0.2, -0.15) is 10.2 Å². The molecule has 5 nitrogen and oxygen atoms in total. The summed E-state index contributed by atoms with van der Waals surface area (Å²) >= 11 is 0. The lowest BCUT2D eigenvalue weighted by Crippen LogP contribution is -2.20. The molecule has 0 N–H and O–H groups in total. The number of sulfone groups is 1. The van der Waals surface area contributed by atoms with Crippen molar-refractivity contribution in [2.24, 2.45) is 15.6 Å². The third-order valence-corrected chi connectivity index (χ3v) is 5.70. The summed E-state index contributed by atoms with van der Waals surface area (Å²) in [6.07, 6.45) is 0. The Balaban J connectivity index is 2.12. The molecular formula is C19H25N3O2S. The summed E-state index contributed by atoms with van der Waals surface area (Å²) in [4.78, 5) is 2.33. The predicted molar refractivity (Wildman–Crippen MR) is 103 cm³/mol. The quantitative estimate of drug-likeness (QED) is 0.707. The molecule has 0 fully saturated rings. The molecule has 2 rings (SSSR count). The van der Waals surface area contributed by atoms with Gasteiger partial charge in [-0.05, 0) is 53.9 Å². The number of nitrogens with zero attached hydrogens (tertiary/aromatic N) is 3. The fourth-order valence-electron chi connectivity index (χ4n) is 2.31. The molecule has 0 aromatic heterocycles. The van der Waals surface area contributed by atoms with Crippen LogP contribution in [-0.4, -0.2) is 28.3 Å². The summed E-state index contributed by atoms with van der Waals surface area (Å²) < 4.78 is 24.7. The average Bonchev–Trinajstić information content (AvgIpc) is 2.51. The lowest BCUT2D eigenvalue weighted by atomic mass is 10.0. The van der Waals surface area contributed by atoms with Crippen LogP contribution in [0.5, 0.6) is 0 Å². The maximum Gasteiger partial charge on any atom is 0.178 e. The first kappa shape index (κ1) is 19.1. The lowest BCUT2D eigenvalue weighted by Gasteiger charge is -2.17. The average molecular weight is 359 g/mol. The molecular weight excluding hydrogens is 334 g/mol. The van der Waals surface area contributed by atoms with E-state index in [1.54, 1.807) is 24.3 Å². The molecule has 0 aliphatic rings. The summed E-state index contributed by atoms with van der Waals surface area (Å²) in [6.45, 7) is 5.73. The Kier molecular flexibility index (Phi) is 5.62. The zero-order chi connectivity index (χ0) is 18.7. The van der Waals surface area contributed by atoms with E-state index < -0.39 is 9.84 Å². The summed E-state index contributed by atoms with van der Waals surface area (Å²) in [5.41, 5.74) is 2.17. The van der Waals surface area contributed by atoms with Crippen LogP contribution in [0, 0.1) is 5.41 Å². The maximum absolute atomic E-state index is 12.4. The van der Waals surface area contributed by atoms with Crippen molar-refractivity contribution in [3.8, 4) is 0 Å². The van der Waals surface area contributed by atoms with Crippen molar-refractivity contribution in [3.63, 3.8) is 0 Å². The van der Waals surface area contributed by atoms with Gasteiger partial charge in [0.15, 0.2) is 9.84 Å². The molecule has 6 heteroatoms. The molecule has 0 amide bonds. The molecule has 0 aliphatic carbocycles. The van der Waals surface area contributed by atoms with Gasteiger partial charge in [-0.1, -0.05) is 20.8 Å². The molecule has 0 heterocycles. The van der Waals surface area contributed by atoms with E-state index in [0.29, 0.717) is 10.6 Å². The Labute approximate surface area is 150 Å². The van der Waals surface area contributed by atoms with E-state index in [4.69, 9.17) is 0 Å². The van der Waals surface area contributed by atoms with Gasteiger partial charge in [0.05, 0.1) is 22.0 Å². The summed E-state index contributed by atoms with van der Waals surface area (Å²) in [5, 5.41) is 8.35. The van der Waals surface area contributed by atoms with Gasteiger partial charge < -0.3 is 4.90 Å². The Morgan fingerprint density at radius 3 is 1.68 bits per heavy atom. The van der Waals surface area contributed by atoms with E-state index in [2.05, 4.69) is 10.2 Å². The van der Waals surface area contributed by atoms with Crippen LogP contribution in [0.2, 0.25) is 0 Å². The van der Waals surface area contributed by atoms with E-state index >= 15 is 0 Å². The Bertz CT molecular complexity index is 832. The van der Waals surface area contributed by atoms with Crippen LogP contribution >= 0.6 is 0 Å². The highest BCUT2D eigenvalue weighted by Gasteiger charge is 2.23. The van der Waals surface area contributed by atoms with Crippen molar-refractivity contribution < 1.29 is 8.42 Å². The molecule has 0 radical (unpaired) electrons. The predicted octanol–water partition coefficient (Wildman–Crippen LogP) is 4.99. The lowest BCUT2D eigenvalue weighted by molar-refractivity contribution is 0.462. The molecule has 25 heavy (non-hydrogen) atoms. The molecule has 2 aromatic rings. The van der Waals surface area contributed by atoms with Crippen LogP contribution in [-0.2, 0) is 9.84 Å². The van der Waals surface area contributed by atoms with Gasteiger partial charge >= 0.3 is 0 Å². The minimum absolute atomic E-state index is 0.110. The first-order valence-electron chi connectivity index (χ1n) is 8.09. The first-order chi connectivity index (χ1) is 11.6. The second-order valence-electron chi connectivity index (χ2n) is 7.42. The van der Waals surface area contributed by atoms with Crippen LogP contribution in [0.1, 0.15) is 20.8 Å². The molecule has 134 valence electrons. The van der Waals surface area contributed by atoms with Crippen LogP contribution in [0.3, 0.4) is 0 Å². The Hall–Kier alpha value is -2.21. The van der Waals surface area contributed by atoms with Gasteiger partial charge in [-0.3, -0.25) is 0 Å². The first-order valence-corrected chi connectivity index (χ1v) is 9.74. The van der Waals surface area contributed by atoms with Crippen molar-refractivity contribution in [1.82, 2.24) is 0 Å². The van der Waals surface area contributed by atoms with Gasteiger partial charge in [-0.25, -0.2) is 8.42 Å².